The molecule has 6 nitrogen and oxygen atoms in total. The Kier molecular flexibility index (Phi) is 6.25. The summed E-state index contributed by atoms with van der Waals surface area (Å²) in [6, 6.07) is 10.2. The second-order valence-electron chi connectivity index (χ2n) is 7.39. The van der Waals surface area contributed by atoms with Crippen LogP contribution >= 0.6 is 11.3 Å². The number of fused-ring (bicyclic) bond motifs is 1. The van der Waals surface area contributed by atoms with Crippen LogP contribution in [0.3, 0.4) is 0 Å². The summed E-state index contributed by atoms with van der Waals surface area (Å²) in [6.45, 7) is 2.59. The molecule has 1 N–H and O–H groups in total. The van der Waals surface area contributed by atoms with E-state index in [0.717, 1.165) is 16.6 Å². The lowest BCUT2D eigenvalue weighted by Gasteiger charge is -2.28. The van der Waals surface area contributed by atoms with Gasteiger partial charge in [-0.1, -0.05) is 36.5 Å². The van der Waals surface area contributed by atoms with Gasteiger partial charge in [0.15, 0.2) is 15.0 Å². The van der Waals surface area contributed by atoms with E-state index in [4.69, 9.17) is 0 Å². The zero-order chi connectivity index (χ0) is 22.9. The number of amides is 1. The summed E-state index contributed by atoms with van der Waals surface area (Å²) >= 11 is 1.31. The molecule has 32 heavy (non-hydrogen) atoms. The van der Waals surface area contributed by atoms with Crippen LogP contribution in [0.5, 0.6) is 0 Å². The molecule has 1 aromatic heterocycles. The van der Waals surface area contributed by atoms with Gasteiger partial charge in [-0.25, -0.2) is 22.2 Å². The van der Waals surface area contributed by atoms with E-state index in [-0.39, 0.29) is 29.9 Å². The third kappa shape index (κ3) is 4.66. The van der Waals surface area contributed by atoms with Gasteiger partial charge in [-0.2, -0.15) is 0 Å². The third-order valence-electron chi connectivity index (χ3n) is 5.29. The highest BCUT2D eigenvalue weighted by Crippen LogP contribution is 2.32. The molecule has 3 aromatic rings. The maximum absolute atomic E-state index is 14.3. The molecule has 10 heteroatoms. The number of nitrogens with one attached hydrogen (secondary N) is 1. The van der Waals surface area contributed by atoms with E-state index in [9.17, 15) is 22.0 Å². The van der Waals surface area contributed by atoms with Crippen molar-refractivity contribution in [2.24, 2.45) is 0 Å². The average molecular weight is 480 g/mol. The van der Waals surface area contributed by atoms with Crippen molar-refractivity contribution in [3.8, 4) is 0 Å². The Morgan fingerprint density at radius 1 is 1.22 bits per heavy atom. The van der Waals surface area contributed by atoms with Crippen LogP contribution in [-0.4, -0.2) is 31.6 Å². The summed E-state index contributed by atoms with van der Waals surface area (Å²) in [7, 11) is -3.52. The van der Waals surface area contributed by atoms with E-state index >= 15 is 0 Å². The number of carbonyl (C=O) groups is 1. The highest BCUT2D eigenvalue weighted by Gasteiger charge is 2.23. The van der Waals surface area contributed by atoms with E-state index in [0.29, 0.717) is 30.3 Å². The lowest BCUT2D eigenvalue weighted by Crippen LogP contribution is -2.30. The Morgan fingerprint density at radius 3 is 2.72 bits per heavy atom. The topological polar surface area (TPSA) is 79.4 Å². The summed E-state index contributed by atoms with van der Waals surface area (Å²) in [5.41, 5.74) is 1.49. The Balaban J connectivity index is 0.00000306. The number of benzene rings is 2. The van der Waals surface area contributed by atoms with Crippen molar-refractivity contribution in [1.82, 2.24) is 4.98 Å². The number of anilines is 2. The maximum atomic E-state index is 14.3. The van der Waals surface area contributed by atoms with Crippen molar-refractivity contribution in [2.75, 3.05) is 22.5 Å². The number of carbonyl (C=O) groups excluding carboxylic acids is 1. The fourth-order valence-electron chi connectivity index (χ4n) is 3.53. The second-order valence-corrected chi connectivity index (χ2v) is 10.8. The van der Waals surface area contributed by atoms with Crippen LogP contribution in [0.1, 0.15) is 24.5 Å². The molecule has 0 unspecified atom stereocenters. The van der Waals surface area contributed by atoms with E-state index in [1.807, 2.05) is 4.90 Å². The molecule has 1 amide bonds. The Bertz CT molecular complexity index is 1280. The van der Waals surface area contributed by atoms with Crippen molar-refractivity contribution in [1.29, 1.82) is 0 Å². The first kappa shape index (κ1) is 22.3. The van der Waals surface area contributed by atoms with Gasteiger partial charge in [0.1, 0.15) is 11.6 Å². The molecule has 0 spiro atoms. The van der Waals surface area contributed by atoms with Crippen LogP contribution in [-0.2, 0) is 34.0 Å². The van der Waals surface area contributed by atoms with Crippen LogP contribution < -0.4 is 10.2 Å². The van der Waals surface area contributed by atoms with Gasteiger partial charge in [-0.05, 0) is 29.8 Å². The second kappa shape index (κ2) is 8.95. The van der Waals surface area contributed by atoms with Gasteiger partial charge in [0.25, 0.3) is 0 Å². The molecule has 0 bridgehead atoms. The zero-order valence-corrected chi connectivity index (χ0v) is 18.9. The maximum Gasteiger partial charge on any atom is 0.230 e. The third-order valence-corrected chi connectivity index (χ3v) is 8.02. The fourth-order valence-corrected chi connectivity index (χ4v) is 5.46. The van der Waals surface area contributed by atoms with Gasteiger partial charge in [0.2, 0.25) is 5.91 Å². The summed E-state index contributed by atoms with van der Waals surface area (Å²) in [6.07, 6.45) is 0.377. The predicted molar refractivity (Wildman–Crippen MR) is 122 cm³/mol. The quantitative estimate of drug-likeness (QED) is 0.573. The Hall–Kier alpha value is -2.85. The average Bonchev–Trinajstić information content (AvgIpc) is 3.16. The Morgan fingerprint density at radius 2 is 2.00 bits per heavy atom. The first-order chi connectivity index (χ1) is 15.3. The van der Waals surface area contributed by atoms with Crippen molar-refractivity contribution in [2.45, 2.75) is 31.2 Å². The van der Waals surface area contributed by atoms with E-state index in [1.54, 1.807) is 18.2 Å². The smallest absolute Gasteiger partial charge is 0.230 e. The van der Waals surface area contributed by atoms with E-state index in [2.05, 4.69) is 10.3 Å². The van der Waals surface area contributed by atoms with Gasteiger partial charge in [0.05, 0.1) is 35.0 Å². The lowest BCUT2D eigenvalue weighted by molar-refractivity contribution is -0.115. The van der Waals surface area contributed by atoms with Crippen LogP contribution in [0.25, 0.3) is 0 Å². The molecule has 0 saturated carbocycles. The predicted octanol–water partition coefficient (Wildman–Crippen LogP) is 4.20. The molecule has 2 heterocycles. The monoisotopic (exact) mass is 479 g/mol. The van der Waals surface area contributed by atoms with E-state index in [1.165, 1.54) is 36.5 Å². The number of hydrogen-bond acceptors (Lipinski definition) is 6. The minimum atomic E-state index is -3.52. The summed E-state index contributed by atoms with van der Waals surface area (Å²) in [5.74, 6) is -1.61. The van der Waals surface area contributed by atoms with E-state index < -0.39 is 21.6 Å². The molecule has 0 aliphatic carbocycles. The SMILES string of the molecule is CCS(=O)(=O)c1ccc(CC(=O)Nc2nc3c(s2)CN(c2ccccc2F)CC3)c(F)c1.[HH]. The molecule has 0 saturated heterocycles. The molecule has 0 radical (unpaired) electrons. The number of rotatable bonds is 6. The van der Waals surface area contributed by atoms with Gasteiger partial charge in [-0.3, -0.25) is 4.79 Å². The minimum Gasteiger partial charge on any atom is -0.364 e. The standard InChI is InChI=1S/C22H21F2N3O3S2.H2/c1-2-32(29,30)15-8-7-14(17(24)12-15)11-21(28)26-22-25-18-9-10-27(13-20(18)31-22)19-6-4-3-5-16(19)23;/h3-8,12H,2,9-11,13H2,1H3,(H,25,26,28);1H. The molecule has 0 fully saturated rings. The number of nitrogens with zero attached hydrogens (tertiary/aromatic N) is 2. The molecule has 0 atom stereocenters. The molecule has 1 aliphatic rings. The molecular weight excluding hydrogens is 456 g/mol. The lowest BCUT2D eigenvalue weighted by atomic mass is 10.1. The van der Waals surface area contributed by atoms with Gasteiger partial charge < -0.3 is 10.2 Å². The number of sulfone groups is 1. The number of aromatic nitrogens is 1. The van der Waals surface area contributed by atoms with Crippen molar-refractivity contribution < 1.29 is 23.4 Å². The number of halogens is 2. The molecular formula is C22H23F2N3O3S2. The Labute approximate surface area is 190 Å². The van der Waals surface area contributed by atoms with Gasteiger partial charge >= 0.3 is 0 Å². The van der Waals surface area contributed by atoms with Gasteiger partial charge in [-0.15, -0.1) is 0 Å². The zero-order valence-electron chi connectivity index (χ0n) is 17.3. The highest BCUT2D eigenvalue weighted by molar-refractivity contribution is 7.91. The summed E-state index contributed by atoms with van der Waals surface area (Å²) in [4.78, 5) is 19.7. The van der Waals surface area contributed by atoms with Crippen molar-refractivity contribution in [3.63, 3.8) is 0 Å². The number of thiazole rings is 1. The molecule has 1 aliphatic heterocycles. The van der Waals surface area contributed by atoms with Gasteiger partial charge in [0, 0.05) is 19.3 Å². The molecule has 4 rings (SSSR count). The van der Waals surface area contributed by atoms with Crippen molar-refractivity contribution in [3.05, 3.63) is 70.2 Å². The highest BCUT2D eigenvalue weighted by atomic mass is 32.2. The van der Waals surface area contributed by atoms with Crippen LogP contribution in [0, 0.1) is 11.6 Å². The number of hydrogen-bond donors (Lipinski definition) is 1. The molecule has 2 aromatic carbocycles. The van der Waals surface area contributed by atoms with Crippen molar-refractivity contribution >= 4 is 37.9 Å². The fraction of sp³-hybridized carbons (Fsp3) is 0.273. The summed E-state index contributed by atoms with van der Waals surface area (Å²) < 4.78 is 52.2. The molecule has 170 valence electrons. The number of para-hydroxylation sites is 1. The minimum absolute atomic E-state index is 0. The normalized spacial score (nSPS) is 13.7. The first-order valence-electron chi connectivity index (χ1n) is 10.1. The largest absolute Gasteiger partial charge is 0.364 e. The van der Waals surface area contributed by atoms with Crippen LogP contribution in [0.4, 0.5) is 19.6 Å². The van der Waals surface area contributed by atoms with Crippen LogP contribution in [0.2, 0.25) is 0 Å². The summed E-state index contributed by atoms with van der Waals surface area (Å²) in [5, 5.41) is 3.09. The van der Waals surface area contributed by atoms with Crippen LogP contribution in [0.15, 0.2) is 47.4 Å². The first-order valence-corrected chi connectivity index (χ1v) is 12.5.